The molecule has 4 amide bonds. The Hall–Kier alpha value is -6.76. The predicted octanol–water partition coefficient (Wildman–Crippen LogP) is 4.51. The van der Waals surface area contributed by atoms with Crippen LogP contribution in [0.15, 0.2) is 17.4 Å². The van der Waals surface area contributed by atoms with Gasteiger partial charge in [-0.3, -0.25) is 24.2 Å². The number of aliphatic imine (C=N–C) groups is 1. The quantitative estimate of drug-likeness (QED) is 0.0196. The van der Waals surface area contributed by atoms with Crippen LogP contribution in [0.25, 0.3) is 0 Å². The van der Waals surface area contributed by atoms with Gasteiger partial charge in [0.15, 0.2) is 12.0 Å². The van der Waals surface area contributed by atoms with Crippen LogP contribution in [0.5, 0.6) is 0 Å². The molecule has 0 spiro atoms. The second-order valence-electron chi connectivity index (χ2n) is 23.5. The normalized spacial score (nSPS) is 14.9. The lowest BCUT2D eigenvalue weighted by Gasteiger charge is -2.36. The molecule has 0 bridgehead atoms. The fourth-order valence-electron chi connectivity index (χ4n) is 10.7. The van der Waals surface area contributed by atoms with Crippen LogP contribution in [0.1, 0.15) is 179 Å². The van der Waals surface area contributed by atoms with Crippen LogP contribution in [0, 0.1) is 25.2 Å². The number of rotatable bonds is 47. The molecule has 5 heterocycles. The van der Waals surface area contributed by atoms with Crippen molar-refractivity contribution in [2.24, 2.45) is 22.4 Å². The maximum absolute atomic E-state index is 13.4. The Balaban J connectivity index is 0.962. The van der Waals surface area contributed by atoms with E-state index in [1.54, 1.807) is 24.7 Å². The fraction of sp³-hybridized carbons (Fsp3) is 0.774. The van der Waals surface area contributed by atoms with Crippen LogP contribution in [-0.4, -0.2) is 214 Å². The first kappa shape index (κ1) is 73.0. The van der Waals surface area contributed by atoms with E-state index in [0.29, 0.717) is 167 Å². The van der Waals surface area contributed by atoms with Crippen molar-refractivity contribution in [1.82, 2.24) is 65.4 Å². The van der Waals surface area contributed by atoms with Crippen LogP contribution in [-0.2, 0) is 39.8 Å². The highest BCUT2D eigenvalue weighted by Crippen LogP contribution is 2.22. The van der Waals surface area contributed by atoms with E-state index in [1.807, 2.05) is 16.0 Å². The number of aliphatic hydroxyl groups excluding tert-OH is 1. The van der Waals surface area contributed by atoms with Gasteiger partial charge in [0.05, 0.1) is 50.5 Å². The zero-order valence-electron chi connectivity index (χ0n) is 54.0. The van der Waals surface area contributed by atoms with Crippen molar-refractivity contribution in [3.8, 4) is 12.3 Å². The minimum atomic E-state index is -0.891. The number of nitrogens with one attached hydrogen (secondary N) is 3. The summed E-state index contributed by atoms with van der Waals surface area (Å²) in [4.78, 5) is 79.7. The molecular formula is C62H107N19O8. The number of guanidine groups is 1. The number of ether oxygens (including phenoxy) is 3. The van der Waals surface area contributed by atoms with E-state index in [1.165, 1.54) is 4.68 Å². The van der Waals surface area contributed by atoms with Gasteiger partial charge in [0.25, 0.3) is 0 Å². The molecule has 5 rings (SSSR count). The average Bonchev–Trinajstić information content (AvgIpc) is 2.47. The van der Waals surface area contributed by atoms with Gasteiger partial charge in [-0.1, -0.05) is 114 Å². The summed E-state index contributed by atoms with van der Waals surface area (Å²) in [5, 5.41) is 36.1. The topological polar surface area (TPSA) is 330 Å². The molecule has 8 N–H and O–H groups in total. The van der Waals surface area contributed by atoms with Gasteiger partial charge >= 0.3 is 0 Å². The lowest BCUT2D eigenvalue weighted by atomic mass is 10.0. The number of aliphatic hydroxyl groups is 1. The summed E-state index contributed by atoms with van der Waals surface area (Å²) in [5.41, 5.74) is 12.6. The van der Waals surface area contributed by atoms with E-state index in [0.717, 1.165) is 121 Å². The molecule has 0 aliphatic carbocycles. The first-order valence-electron chi connectivity index (χ1n) is 33.1. The van der Waals surface area contributed by atoms with E-state index in [4.69, 9.17) is 47.1 Å². The van der Waals surface area contributed by atoms with Crippen molar-refractivity contribution in [1.29, 1.82) is 0 Å². The first-order valence-corrected chi connectivity index (χ1v) is 33.1. The Labute approximate surface area is 528 Å². The van der Waals surface area contributed by atoms with Gasteiger partial charge < -0.3 is 66.3 Å². The molecule has 2 fully saturated rings. The molecule has 0 saturated carbocycles. The molecule has 2 aliphatic heterocycles. The van der Waals surface area contributed by atoms with Crippen LogP contribution < -0.4 is 37.2 Å². The standard InChI is InChI=1S/C62H107N19O8/c1-6-40-87-42-44-89-45-43-88-41-31-68-60-69-61(71-62(70-60)79-38-34-77(35-39-79)55(84)27-21-17-13-9-11-15-19-23-29-66-58(86)56(51(5)82)81-47-50(4)72-74-81)78-36-32-76(33-37-78)54(83)26-20-16-12-8-10-14-18-22-28-65-57(85)53(25-24-30-67-59(63)64)80-48-52(73-75-80)46-49(3)7-2/h1,47-49,51,53,56,82H,7-46H2,2-5H3,(H,65,85)(H,66,86)(H4,63,64,67)(H,68,69,70,71)/t49-,51-,53+,56+/m0/s1. The third kappa shape index (κ3) is 28.7. The second kappa shape index (κ2) is 43.0. The van der Waals surface area contributed by atoms with Gasteiger partial charge in [-0.05, 0) is 64.7 Å². The largest absolute Gasteiger partial charge is 0.391 e. The summed E-state index contributed by atoms with van der Waals surface area (Å²) in [7, 11) is 0. The summed E-state index contributed by atoms with van der Waals surface area (Å²) in [5.74, 6) is 4.53. The van der Waals surface area contributed by atoms with Crippen LogP contribution >= 0.6 is 0 Å². The average molecular weight is 1250 g/mol. The molecule has 4 atom stereocenters. The molecule has 3 aromatic rings. The Morgan fingerprint density at radius 3 is 1.65 bits per heavy atom. The molecule has 89 heavy (non-hydrogen) atoms. The minimum Gasteiger partial charge on any atom is -0.391 e. The Morgan fingerprint density at radius 1 is 0.640 bits per heavy atom. The van der Waals surface area contributed by atoms with Gasteiger partial charge in [0, 0.05) is 104 Å². The van der Waals surface area contributed by atoms with E-state index in [2.05, 4.69) is 71.1 Å². The molecular weight excluding hydrogens is 1140 g/mol. The summed E-state index contributed by atoms with van der Waals surface area (Å²) < 4.78 is 19.7. The van der Waals surface area contributed by atoms with E-state index in [9.17, 15) is 24.3 Å². The SMILES string of the molecule is C#CCOCCOCCOCCNc1nc(N2CCN(C(=O)CCCCCCCCCCNC(=O)[C@@H](CCCN=C(N)N)n3cc(C[C@@H](C)CC)nn3)CC2)nc(N2CCN(C(=O)CCCCCCCCCCNC(=O)[C@@H]([C@H](C)O)n3cc(C)nn3)CC2)n1. The van der Waals surface area contributed by atoms with Gasteiger partial charge in [0.1, 0.15) is 12.6 Å². The first-order chi connectivity index (χ1) is 43.3. The maximum atomic E-state index is 13.4. The number of hydrogen-bond donors (Lipinski definition) is 6. The number of aromatic nitrogens is 9. The van der Waals surface area contributed by atoms with Gasteiger partial charge in [-0.2, -0.15) is 15.0 Å². The monoisotopic (exact) mass is 1250 g/mol. The number of piperazine rings is 2. The van der Waals surface area contributed by atoms with E-state index in [-0.39, 0.29) is 36.2 Å². The van der Waals surface area contributed by atoms with E-state index >= 15 is 0 Å². The number of carbonyl (C=O) groups is 4. The maximum Gasteiger partial charge on any atom is 0.247 e. The van der Waals surface area contributed by atoms with Crippen molar-refractivity contribution in [3.63, 3.8) is 0 Å². The number of nitrogens with two attached hydrogens (primary N) is 2. The lowest BCUT2D eigenvalue weighted by molar-refractivity contribution is -0.132. The smallest absolute Gasteiger partial charge is 0.247 e. The van der Waals surface area contributed by atoms with Crippen molar-refractivity contribution in [3.05, 3.63) is 23.8 Å². The number of terminal acetylenes is 1. The second-order valence-corrected chi connectivity index (χ2v) is 23.5. The molecule has 498 valence electrons. The number of unbranched alkanes of at least 4 members (excludes halogenated alkanes) is 14. The highest BCUT2D eigenvalue weighted by atomic mass is 16.5. The molecule has 0 aromatic carbocycles. The minimum absolute atomic E-state index is 0.0403. The van der Waals surface area contributed by atoms with Crippen molar-refractivity contribution in [2.45, 2.75) is 187 Å². The third-order valence-corrected chi connectivity index (χ3v) is 16.1. The number of carbonyl (C=O) groups excluding carboxylic acids is 4. The molecule has 0 unspecified atom stereocenters. The van der Waals surface area contributed by atoms with Crippen LogP contribution in [0.4, 0.5) is 17.8 Å². The number of nitrogens with zero attached hydrogens (tertiary/aromatic N) is 14. The molecule has 0 radical (unpaired) electrons. The number of amides is 4. The lowest BCUT2D eigenvalue weighted by Crippen LogP contribution is -2.50. The predicted molar refractivity (Wildman–Crippen MR) is 344 cm³/mol. The van der Waals surface area contributed by atoms with Gasteiger partial charge in [0.2, 0.25) is 41.5 Å². The summed E-state index contributed by atoms with van der Waals surface area (Å²) >= 11 is 0. The zero-order chi connectivity index (χ0) is 63.9. The zero-order valence-corrected chi connectivity index (χ0v) is 54.0. The Morgan fingerprint density at radius 2 is 1.15 bits per heavy atom. The molecule has 27 heteroatoms. The number of hydrogen-bond acceptors (Lipinski definition) is 19. The molecule has 2 aliphatic rings. The highest BCUT2D eigenvalue weighted by molar-refractivity contribution is 5.81. The summed E-state index contributed by atoms with van der Waals surface area (Å²) in [6.07, 6.45) is 28.3. The number of aryl methyl sites for hydroxylation is 1. The fourth-order valence-corrected chi connectivity index (χ4v) is 10.7. The van der Waals surface area contributed by atoms with Crippen molar-refractivity contribution >= 4 is 47.4 Å². The molecule has 27 nitrogen and oxygen atoms in total. The summed E-state index contributed by atoms with van der Waals surface area (Å²) in [6.45, 7) is 16.9. The van der Waals surface area contributed by atoms with Gasteiger partial charge in [-0.15, -0.1) is 16.6 Å². The summed E-state index contributed by atoms with van der Waals surface area (Å²) in [6, 6.07) is -1.28. The Bertz CT molecular complexity index is 2540. The Kier molecular flexibility index (Phi) is 35.3. The van der Waals surface area contributed by atoms with E-state index < -0.39 is 18.2 Å². The molecule has 3 aromatic heterocycles. The third-order valence-electron chi connectivity index (χ3n) is 16.1. The molecule has 2 saturated heterocycles. The van der Waals surface area contributed by atoms with Crippen LogP contribution in [0.3, 0.4) is 0 Å². The van der Waals surface area contributed by atoms with Crippen LogP contribution in [0.2, 0.25) is 0 Å². The van der Waals surface area contributed by atoms with Crippen molar-refractivity contribution in [2.75, 3.05) is 133 Å². The number of anilines is 3. The van der Waals surface area contributed by atoms with Crippen molar-refractivity contribution < 1.29 is 38.5 Å². The van der Waals surface area contributed by atoms with Gasteiger partial charge in [-0.25, -0.2) is 9.36 Å². The highest BCUT2D eigenvalue weighted by Gasteiger charge is 2.29.